The summed E-state index contributed by atoms with van der Waals surface area (Å²) in [6, 6.07) is 14.6. The summed E-state index contributed by atoms with van der Waals surface area (Å²) < 4.78 is 21.6. The number of benzene rings is 2. The molecule has 7 heteroatoms. The van der Waals surface area contributed by atoms with Gasteiger partial charge in [-0.05, 0) is 122 Å². The summed E-state index contributed by atoms with van der Waals surface area (Å²) in [6.45, 7) is 5.06. The average molecular weight is 591 g/mol. The molecule has 1 saturated carbocycles. The predicted octanol–water partition coefficient (Wildman–Crippen LogP) is 8.34. The number of carbonyl (C=O) groups is 1. The van der Waals surface area contributed by atoms with Crippen molar-refractivity contribution < 1.29 is 19.0 Å². The number of rotatable bonds is 8. The fourth-order valence-electron chi connectivity index (χ4n) is 8.09. The number of aliphatic carboxylic acids is 1. The number of ether oxygens (including phenoxy) is 1. The molecule has 1 aromatic heterocycles. The summed E-state index contributed by atoms with van der Waals surface area (Å²) in [5.74, 6) is 0.853. The zero-order valence-electron chi connectivity index (χ0n) is 24.5. The van der Waals surface area contributed by atoms with Gasteiger partial charge in [-0.2, -0.15) is 0 Å². The maximum Gasteiger partial charge on any atom is 0.329 e. The van der Waals surface area contributed by atoms with E-state index < -0.39 is 11.5 Å². The van der Waals surface area contributed by atoms with Gasteiger partial charge in [0.25, 0.3) is 0 Å². The fraction of sp³-hybridized carbons (Fsp3) is 0.486. The highest BCUT2D eigenvalue weighted by Gasteiger charge is 2.54. The van der Waals surface area contributed by atoms with Gasteiger partial charge in [0.05, 0.1) is 6.61 Å². The van der Waals surface area contributed by atoms with Crippen LogP contribution in [0, 0.1) is 17.7 Å². The van der Waals surface area contributed by atoms with E-state index in [9.17, 15) is 9.90 Å². The Morgan fingerprint density at radius 1 is 1.19 bits per heavy atom. The monoisotopic (exact) mass is 590 g/mol. The Morgan fingerprint density at radius 2 is 1.98 bits per heavy atom. The lowest BCUT2D eigenvalue weighted by Crippen LogP contribution is -2.53. The largest absolute Gasteiger partial charge is 0.493 e. The first-order chi connectivity index (χ1) is 20.2. The van der Waals surface area contributed by atoms with Gasteiger partial charge in [-0.1, -0.05) is 43.6 Å². The lowest BCUT2D eigenvalue weighted by molar-refractivity contribution is -0.144. The van der Waals surface area contributed by atoms with Crippen LogP contribution in [0.4, 0.5) is 10.1 Å². The number of pyridine rings is 1. The Kier molecular flexibility index (Phi) is 7.95. The van der Waals surface area contributed by atoms with Gasteiger partial charge in [0, 0.05) is 28.2 Å². The number of halogens is 2. The number of carboxylic acids is 1. The molecule has 3 aliphatic rings. The minimum absolute atomic E-state index is 0.150. The van der Waals surface area contributed by atoms with E-state index in [4.69, 9.17) is 16.3 Å². The highest BCUT2D eigenvalue weighted by atomic mass is 35.5. The smallest absolute Gasteiger partial charge is 0.329 e. The van der Waals surface area contributed by atoms with Gasteiger partial charge < -0.3 is 15.2 Å². The van der Waals surface area contributed by atoms with Crippen molar-refractivity contribution in [1.82, 2.24) is 4.98 Å². The number of carboxylic acid groups (broad SMARTS) is 1. The van der Waals surface area contributed by atoms with Gasteiger partial charge >= 0.3 is 5.97 Å². The average Bonchev–Trinajstić information content (AvgIpc) is 3.26. The zero-order chi connectivity index (χ0) is 29.5. The molecule has 3 atom stereocenters. The number of anilines is 1. The molecule has 0 unspecified atom stereocenters. The van der Waals surface area contributed by atoms with Crippen molar-refractivity contribution in [3.63, 3.8) is 0 Å². The number of aryl methyl sites for hydroxylation is 1. The molecular formula is C35H40ClFN2O3. The van der Waals surface area contributed by atoms with Crippen LogP contribution in [-0.2, 0) is 23.1 Å². The predicted molar refractivity (Wildman–Crippen MR) is 164 cm³/mol. The van der Waals surface area contributed by atoms with Gasteiger partial charge in [0.15, 0.2) is 0 Å². The Balaban J connectivity index is 1.21. The summed E-state index contributed by atoms with van der Waals surface area (Å²) in [5, 5.41) is 14.3. The SMILES string of the molecule is C[C@@H](COc1ccnc2c1[C@H](C)CCC2)C[C@@H]1Cc2c(F)cccc2C12CCC(Nc1cccc(Cl)c1)(C(=O)O)CC2. The lowest BCUT2D eigenvalue weighted by Gasteiger charge is -2.47. The molecule has 3 aromatic rings. The van der Waals surface area contributed by atoms with E-state index in [1.165, 1.54) is 12.0 Å². The molecule has 2 aromatic carbocycles. The van der Waals surface area contributed by atoms with E-state index in [1.54, 1.807) is 18.2 Å². The number of nitrogens with zero attached hydrogens (tertiary/aromatic N) is 1. The van der Waals surface area contributed by atoms with Gasteiger partial charge in [-0.25, -0.2) is 9.18 Å². The van der Waals surface area contributed by atoms with Crippen LogP contribution in [0.1, 0.15) is 87.1 Å². The van der Waals surface area contributed by atoms with Gasteiger partial charge in [0.1, 0.15) is 17.1 Å². The van der Waals surface area contributed by atoms with Crippen LogP contribution in [0.5, 0.6) is 5.75 Å². The highest BCUT2D eigenvalue weighted by Crippen LogP contribution is 2.56. The second-order valence-electron chi connectivity index (χ2n) is 13.0. The van der Waals surface area contributed by atoms with Crippen LogP contribution in [0.15, 0.2) is 54.7 Å². The first-order valence-electron chi connectivity index (χ1n) is 15.4. The van der Waals surface area contributed by atoms with Crippen LogP contribution in [-0.4, -0.2) is 28.2 Å². The molecule has 222 valence electrons. The number of aromatic nitrogens is 1. The molecule has 2 N–H and O–H groups in total. The van der Waals surface area contributed by atoms with Crippen molar-refractivity contribution in [1.29, 1.82) is 0 Å². The number of hydrogen-bond donors (Lipinski definition) is 2. The highest BCUT2D eigenvalue weighted by molar-refractivity contribution is 6.30. The summed E-state index contributed by atoms with van der Waals surface area (Å²) in [7, 11) is 0. The standard InChI is InChI=1S/C35H40ClFN2O3/c1-22(21-42-31-12-17-38-30-11-3-6-23(2)32(30)31)18-24-19-27-28(9-5-10-29(27)37)34(24)13-15-35(16-14-34,33(40)41)39-26-8-4-7-25(36)20-26/h4-5,7-10,12,17,20,22-24,39H,3,6,11,13-16,18-19,21H2,1-2H3,(H,40,41)/t22-,23-,24-,34?,35?/m1/s1. The van der Waals surface area contributed by atoms with Gasteiger partial charge in [-0.15, -0.1) is 0 Å². The molecule has 1 spiro atoms. The maximum atomic E-state index is 15.2. The Bertz CT molecular complexity index is 1470. The summed E-state index contributed by atoms with van der Waals surface area (Å²) >= 11 is 6.20. The number of fused-ring (bicyclic) bond motifs is 3. The molecular weight excluding hydrogens is 551 g/mol. The van der Waals surface area contributed by atoms with E-state index in [1.807, 2.05) is 30.5 Å². The van der Waals surface area contributed by atoms with E-state index in [2.05, 4.69) is 30.2 Å². The Hall–Kier alpha value is -3.12. The summed E-state index contributed by atoms with van der Waals surface area (Å²) in [5.41, 5.74) is 3.64. The fourth-order valence-corrected chi connectivity index (χ4v) is 8.28. The lowest BCUT2D eigenvalue weighted by atomic mass is 9.59. The molecule has 3 aliphatic carbocycles. The minimum atomic E-state index is -1.09. The van der Waals surface area contributed by atoms with Crippen molar-refractivity contribution in [2.24, 2.45) is 11.8 Å². The van der Waals surface area contributed by atoms with Crippen LogP contribution >= 0.6 is 11.6 Å². The summed E-state index contributed by atoms with van der Waals surface area (Å²) in [4.78, 5) is 17.3. The molecule has 5 nitrogen and oxygen atoms in total. The van der Waals surface area contributed by atoms with Crippen molar-refractivity contribution >= 4 is 23.3 Å². The molecule has 0 saturated heterocycles. The zero-order valence-corrected chi connectivity index (χ0v) is 25.2. The normalized spacial score (nSPS) is 27.2. The van der Waals surface area contributed by atoms with Gasteiger partial charge in [0.2, 0.25) is 0 Å². The maximum absolute atomic E-state index is 15.2. The Morgan fingerprint density at radius 3 is 2.74 bits per heavy atom. The topological polar surface area (TPSA) is 71.5 Å². The van der Waals surface area contributed by atoms with Crippen molar-refractivity contribution in [2.45, 2.75) is 88.5 Å². The van der Waals surface area contributed by atoms with E-state index in [0.717, 1.165) is 41.8 Å². The molecule has 0 aliphatic heterocycles. The third-order valence-corrected chi connectivity index (χ3v) is 10.5. The molecule has 0 radical (unpaired) electrons. The molecule has 0 bridgehead atoms. The first-order valence-corrected chi connectivity index (χ1v) is 15.7. The second-order valence-corrected chi connectivity index (χ2v) is 13.4. The van der Waals surface area contributed by atoms with Crippen molar-refractivity contribution in [3.05, 3.63) is 88.0 Å². The van der Waals surface area contributed by atoms with Crippen LogP contribution in [0.3, 0.4) is 0 Å². The first kappa shape index (κ1) is 29.0. The molecule has 1 fully saturated rings. The number of nitrogens with one attached hydrogen (secondary N) is 1. The van der Waals surface area contributed by atoms with E-state index >= 15 is 4.39 Å². The molecule has 6 rings (SSSR count). The third-order valence-electron chi connectivity index (χ3n) is 10.3. The van der Waals surface area contributed by atoms with Crippen molar-refractivity contribution in [3.8, 4) is 5.75 Å². The van der Waals surface area contributed by atoms with E-state index in [0.29, 0.717) is 55.3 Å². The quantitative estimate of drug-likeness (QED) is 0.276. The minimum Gasteiger partial charge on any atom is -0.493 e. The van der Waals surface area contributed by atoms with Crippen LogP contribution < -0.4 is 10.1 Å². The number of hydrogen-bond acceptors (Lipinski definition) is 4. The van der Waals surface area contributed by atoms with Crippen LogP contribution in [0.25, 0.3) is 0 Å². The van der Waals surface area contributed by atoms with Crippen LogP contribution in [0.2, 0.25) is 5.02 Å². The van der Waals surface area contributed by atoms with E-state index in [-0.39, 0.29) is 23.1 Å². The third kappa shape index (κ3) is 5.27. The Labute approximate surface area is 252 Å². The molecule has 0 amide bonds. The molecule has 42 heavy (non-hydrogen) atoms. The van der Waals surface area contributed by atoms with Crippen molar-refractivity contribution in [2.75, 3.05) is 11.9 Å². The van der Waals surface area contributed by atoms with Gasteiger partial charge in [-0.3, -0.25) is 4.98 Å². The molecule has 1 heterocycles. The summed E-state index contributed by atoms with van der Waals surface area (Å²) in [6.07, 6.45) is 9.01. The second kappa shape index (κ2) is 11.5.